The summed E-state index contributed by atoms with van der Waals surface area (Å²) < 4.78 is 4.03. The molecular weight excluding hydrogens is 360 g/mol. The van der Waals surface area contributed by atoms with Crippen molar-refractivity contribution in [1.82, 2.24) is 19.1 Å². The van der Waals surface area contributed by atoms with E-state index in [2.05, 4.69) is 39.8 Å². The van der Waals surface area contributed by atoms with Gasteiger partial charge < -0.3 is 4.57 Å². The predicted octanol–water partition coefficient (Wildman–Crippen LogP) is 4.36. The Kier molecular flexibility index (Phi) is 4.31. The maximum atomic E-state index is 12.9. The van der Waals surface area contributed by atoms with Crippen molar-refractivity contribution in [2.45, 2.75) is 39.0 Å². The lowest BCUT2D eigenvalue weighted by atomic mass is 10.1. The van der Waals surface area contributed by atoms with E-state index in [0.29, 0.717) is 0 Å². The number of benzene rings is 1. The largest absolute Gasteiger partial charge is 0.347 e. The maximum absolute atomic E-state index is 12.9. The molecule has 0 amide bonds. The zero-order valence-electron chi connectivity index (χ0n) is 16.9. The second-order valence-electron chi connectivity index (χ2n) is 7.89. The van der Waals surface area contributed by atoms with E-state index in [-0.39, 0.29) is 5.56 Å². The highest BCUT2D eigenvalue weighted by Crippen LogP contribution is 2.31. The smallest absolute Gasteiger partial charge is 0.255 e. The Morgan fingerprint density at radius 2 is 1.72 bits per heavy atom. The molecule has 0 unspecified atom stereocenters. The molecule has 0 saturated heterocycles. The van der Waals surface area contributed by atoms with Gasteiger partial charge in [-0.3, -0.25) is 9.36 Å². The Morgan fingerprint density at radius 3 is 2.52 bits per heavy atom. The van der Waals surface area contributed by atoms with E-state index in [9.17, 15) is 4.79 Å². The van der Waals surface area contributed by atoms with Crippen LogP contribution in [0, 0.1) is 6.92 Å². The van der Waals surface area contributed by atoms with Crippen LogP contribution >= 0.6 is 0 Å². The van der Waals surface area contributed by atoms with Gasteiger partial charge in [-0.15, -0.1) is 0 Å². The third-order valence-corrected chi connectivity index (χ3v) is 6.07. The van der Waals surface area contributed by atoms with E-state index < -0.39 is 0 Å². The van der Waals surface area contributed by atoms with Crippen molar-refractivity contribution in [2.75, 3.05) is 0 Å². The Labute approximate surface area is 169 Å². The summed E-state index contributed by atoms with van der Waals surface area (Å²) in [6.07, 6.45) is 11.5. The average Bonchev–Trinajstić information content (AvgIpc) is 2.89. The van der Waals surface area contributed by atoms with Crippen molar-refractivity contribution in [2.24, 2.45) is 7.05 Å². The third-order valence-electron chi connectivity index (χ3n) is 6.07. The molecule has 5 rings (SSSR count). The molecule has 0 spiro atoms. The van der Waals surface area contributed by atoms with Crippen LogP contribution in [-0.2, 0) is 19.9 Å². The van der Waals surface area contributed by atoms with Gasteiger partial charge >= 0.3 is 0 Å². The van der Waals surface area contributed by atoms with Crippen molar-refractivity contribution in [3.63, 3.8) is 0 Å². The fraction of sp³-hybridized carbons (Fsp3) is 0.292. The number of rotatable bonds is 2. The molecule has 1 aliphatic rings. The van der Waals surface area contributed by atoms with E-state index in [1.807, 2.05) is 19.2 Å². The predicted molar refractivity (Wildman–Crippen MR) is 116 cm³/mol. The summed E-state index contributed by atoms with van der Waals surface area (Å²) in [5.41, 5.74) is 6.67. The lowest BCUT2D eigenvalue weighted by Crippen LogP contribution is -2.16. The summed E-state index contributed by atoms with van der Waals surface area (Å²) in [4.78, 5) is 21.3. The van der Waals surface area contributed by atoms with Crippen LogP contribution < -0.4 is 5.56 Å². The van der Waals surface area contributed by atoms with Gasteiger partial charge in [-0.1, -0.05) is 12.5 Å². The van der Waals surface area contributed by atoms with Crippen LogP contribution in [-0.4, -0.2) is 19.1 Å². The Morgan fingerprint density at radius 1 is 0.931 bits per heavy atom. The lowest BCUT2D eigenvalue weighted by Gasteiger charge is -2.09. The van der Waals surface area contributed by atoms with Gasteiger partial charge in [0.25, 0.3) is 5.56 Å². The Bertz CT molecular complexity index is 1260. The van der Waals surface area contributed by atoms with Gasteiger partial charge in [0.05, 0.1) is 11.2 Å². The second kappa shape index (κ2) is 6.99. The van der Waals surface area contributed by atoms with Crippen molar-refractivity contribution in [3.8, 4) is 16.8 Å². The first-order chi connectivity index (χ1) is 14.1. The van der Waals surface area contributed by atoms with Gasteiger partial charge in [-0.2, -0.15) is 0 Å². The number of pyridine rings is 1. The van der Waals surface area contributed by atoms with Crippen LogP contribution in [0.1, 0.15) is 36.3 Å². The Hall–Kier alpha value is -3.21. The van der Waals surface area contributed by atoms with Gasteiger partial charge in [-0.05, 0) is 61.9 Å². The molecular formula is C24H24N4O. The van der Waals surface area contributed by atoms with Crippen LogP contribution in [0.5, 0.6) is 0 Å². The van der Waals surface area contributed by atoms with E-state index in [0.717, 1.165) is 35.5 Å². The first-order valence-corrected chi connectivity index (χ1v) is 10.2. The molecule has 5 heteroatoms. The summed E-state index contributed by atoms with van der Waals surface area (Å²) in [6.45, 7) is 1.85. The van der Waals surface area contributed by atoms with E-state index >= 15 is 0 Å². The summed E-state index contributed by atoms with van der Waals surface area (Å²) in [5, 5.41) is 1.33. The van der Waals surface area contributed by atoms with Crippen molar-refractivity contribution >= 4 is 10.9 Å². The molecule has 1 aliphatic carbocycles. The van der Waals surface area contributed by atoms with Gasteiger partial charge in [0.1, 0.15) is 5.82 Å². The van der Waals surface area contributed by atoms with Crippen LogP contribution in [0.25, 0.3) is 27.7 Å². The second-order valence-corrected chi connectivity index (χ2v) is 7.89. The van der Waals surface area contributed by atoms with E-state index in [4.69, 9.17) is 0 Å². The summed E-state index contributed by atoms with van der Waals surface area (Å²) in [6, 6.07) is 9.98. The number of hydrogen-bond acceptors (Lipinski definition) is 3. The van der Waals surface area contributed by atoms with Crippen molar-refractivity contribution < 1.29 is 0 Å². The molecule has 5 nitrogen and oxygen atoms in total. The van der Waals surface area contributed by atoms with E-state index in [1.165, 1.54) is 41.4 Å². The number of nitrogens with zero attached hydrogens (tertiary/aromatic N) is 4. The van der Waals surface area contributed by atoms with Crippen LogP contribution in [0.4, 0.5) is 0 Å². The summed E-state index contributed by atoms with van der Waals surface area (Å²) >= 11 is 0. The highest BCUT2D eigenvalue weighted by molar-refractivity contribution is 5.87. The highest BCUT2D eigenvalue weighted by Gasteiger charge is 2.17. The number of hydrogen-bond donors (Lipinski definition) is 0. The van der Waals surface area contributed by atoms with Crippen molar-refractivity contribution in [3.05, 3.63) is 76.4 Å². The van der Waals surface area contributed by atoms with Gasteiger partial charge in [0.2, 0.25) is 0 Å². The van der Waals surface area contributed by atoms with Crippen molar-refractivity contribution in [1.29, 1.82) is 0 Å². The molecule has 0 aliphatic heterocycles. The van der Waals surface area contributed by atoms with Crippen LogP contribution in [0.15, 0.2) is 53.7 Å². The summed E-state index contributed by atoms with van der Waals surface area (Å²) in [5.74, 6) is 0.719. The minimum absolute atomic E-state index is 0.0572. The zero-order chi connectivity index (χ0) is 20.0. The zero-order valence-corrected chi connectivity index (χ0v) is 16.9. The fourth-order valence-electron chi connectivity index (χ4n) is 4.49. The van der Waals surface area contributed by atoms with Crippen LogP contribution in [0.3, 0.4) is 0 Å². The molecule has 0 atom stereocenters. The first kappa shape index (κ1) is 17.9. The average molecular weight is 384 g/mol. The SMILES string of the molecule is Cc1ncc(-c2ccn(-c3ccc4c5c(n(C)c4c3)CCCCC5)c(=O)c2)cn1. The Balaban J connectivity index is 1.58. The van der Waals surface area contributed by atoms with Crippen LogP contribution in [0.2, 0.25) is 0 Å². The maximum Gasteiger partial charge on any atom is 0.255 e. The lowest BCUT2D eigenvalue weighted by molar-refractivity contribution is 0.698. The van der Waals surface area contributed by atoms with Gasteiger partial charge in [0.15, 0.2) is 0 Å². The molecule has 3 aromatic heterocycles. The molecule has 0 fully saturated rings. The highest BCUT2D eigenvalue weighted by atomic mass is 16.1. The minimum Gasteiger partial charge on any atom is -0.347 e. The summed E-state index contributed by atoms with van der Waals surface area (Å²) in [7, 11) is 2.15. The molecule has 4 aromatic rings. The van der Waals surface area contributed by atoms with Gasteiger partial charge in [-0.25, -0.2) is 9.97 Å². The monoisotopic (exact) mass is 384 g/mol. The molecule has 0 N–H and O–H groups in total. The van der Waals surface area contributed by atoms with Gasteiger partial charge in [0, 0.05) is 48.3 Å². The van der Waals surface area contributed by atoms with E-state index in [1.54, 1.807) is 23.0 Å². The quantitative estimate of drug-likeness (QED) is 0.483. The standard InChI is InChI=1S/C24H24N4O/c1-16-25-14-18(15-26-16)17-10-11-28(24(29)12-17)19-8-9-21-20-6-4-3-5-7-22(20)27(2)23(21)13-19/h8-15H,3-7H2,1-2H3. The molecule has 0 radical (unpaired) electrons. The fourth-order valence-corrected chi connectivity index (χ4v) is 4.49. The topological polar surface area (TPSA) is 52.7 Å². The minimum atomic E-state index is -0.0572. The normalized spacial score (nSPS) is 14.0. The molecule has 1 aromatic carbocycles. The molecule has 0 saturated carbocycles. The number of fused-ring (bicyclic) bond motifs is 3. The molecule has 146 valence electrons. The number of aryl methyl sites for hydroxylation is 3. The first-order valence-electron chi connectivity index (χ1n) is 10.2. The number of aromatic nitrogens is 4. The molecule has 29 heavy (non-hydrogen) atoms. The third kappa shape index (κ3) is 3.07. The molecule has 0 bridgehead atoms. The molecule has 3 heterocycles.